The molecule has 1 aliphatic heterocycles. The fourth-order valence-electron chi connectivity index (χ4n) is 3.44. The van der Waals surface area contributed by atoms with Gasteiger partial charge in [-0.15, -0.1) is 12.4 Å². The zero-order chi connectivity index (χ0) is 15.4. The topological polar surface area (TPSA) is 68.2 Å². The van der Waals surface area contributed by atoms with Crippen molar-refractivity contribution in [3.8, 4) is 0 Å². The minimum Gasteiger partial charge on any atom is -0.338 e. The zero-order valence-electron chi connectivity index (χ0n) is 13.5. The predicted octanol–water partition coefficient (Wildman–Crippen LogP) is 2.97. The van der Waals surface area contributed by atoms with Crippen LogP contribution in [0, 0.1) is 5.92 Å². The molecule has 0 spiro atoms. The van der Waals surface area contributed by atoms with Gasteiger partial charge in [0.05, 0.1) is 13.1 Å². The highest BCUT2D eigenvalue weighted by molar-refractivity contribution is 5.85. The first-order chi connectivity index (χ1) is 10.8. The zero-order valence-corrected chi connectivity index (χ0v) is 14.3. The van der Waals surface area contributed by atoms with Crippen LogP contribution in [0.4, 0.5) is 0 Å². The molecule has 1 aliphatic rings. The first kappa shape index (κ1) is 17.9. The van der Waals surface area contributed by atoms with Gasteiger partial charge in [0.25, 0.3) is 0 Å². The molecule has 2 atom stereocenters. The molecule has 6 heteroatoms. The predicted molar refractivity (Wildman–Crippen MR) is 92.3 cm³/mol. The molecule has 0 bridgehead atoms. The summed E-state index contributed by atoms with van der Waals surface area (Å²) in [6.45, 7) is 5.50. The molecule has 23 heavy (non-hydrogen) atoms. The van der Waals surface area contributed by atoms with Crippen LogP contribution in [0.3, 0.4) is 0 Å². The number of nitrogens with zero attached hydrogens (tertiary/aromatic N) is 3. The lowest BCUT2D eigenvalue weighted by atomic mass is 9.79. The van der Waals surface area contributed by atoms with Crippen molar-refractivity contribution in [2.75, 3.05) is 13.1 Å². The molecule has 0 amide bonds. The van der Waals surface area contributed by atoms with Gasteiger partial charge in [0.1, 0.15) is 0 Å². The molecule has 1 aromatic heterocycles. The summed E-state index contributed by atoms with van der Waals surface area (Å²) >= 11 is 0. The Morgan fingerprint density at radius 1 is 1.30 bits per heavy atom. The molecule has 5 nitrogen and oxygen atoms in total. The van der Waals surface area contributed by atoms with Crippen molar-refractivity contribution in [1.29, 1.82) is 0 Å². The Kier molecular flexibility index (Phi) is 6.57. The Morgan fingerprint density at radius 2 is 2.09 bits per heavy atom. The Bertz CT molecular complexity index is 589. The van der Waals surface area contributed by atoms with Gasteiger partial charge >= 0.3 is 0 Å². The van der Waals surface area contributed by atoms with E-state index in [0.717, 1.165) is 25.5 Å². The van der Waals surface area contributed by atoms with Crippen LogP contribution in [0.1, 0.15) is 43.0 Å². The molecule has 1 saturated heterocycles. The summed E-state index contributed by atoms with van der Waals surface area (Å²) in [4.78, 5) is 6.74. The van der Waals surface area contributed by atoms with Gasteiger partial charge in [0.15, 0.2) is 5.82 Å². The summed E-state index contributed by atoms with van der Waals surface area (Å²) in [5.41, 5.74) is 6.98. The second-order valence-corrected chi connectivity index (χ2v) is 6.02. The smallest absolute Gasteiger partial charge is 0.240 e. The van der Waals surface area contributed by atoms with E-state index in [1.54, 1.807) is 0 Å². The lowest BCUT2D eigenvalue weighted by Gasteiger charge is -2.38. The molecule has 1 fully saturated rings. The van der Waals surface area contributed by atoms with Crippen LogP contribution in [0.2, 0.25) is 0 Å². The highest BCUT2D eigenvalue weighted by Gasteiger charge is 2.29. The molecular formula is C17H25ClN4O. The van der Waals surface area contributed by atoms with Crippen molar-refractivity contribution >= 4 is 12.4 Å². The van der Waals surface area contributed by atoms with E-state index in [2.05, 4.69) is 52.3 Å². The molecule has 2 N–H and O–H groups in total. The number of hydrogen-bond donors (Lipinski definition) is 1. The number of halogens is 1. The van der Waals surface area contributed by atoms with E-state index in [-0.39, 0.29) is 12.4 Å². The third-order valence-electron chi connectivity index (χ3n) is 4.62. The number of nitrogens with two attached hydrogens (primary N) is 1. The molecule has 126 valence electrons. The van der Waals surface area contributed by atoms with E-state index in [1.807, 2.05) is 0 Å². The SMILES string of the molecule is CCC1CN(Cc2noc(CN)n2)CCC1c1ccccc1.Cl. The van der Waals surface area contributed by atoms with E-state index >= 15 is 0 Å². The normalized spacial score (nSPS) is 21.8. The van der Waals surface area contributed by atoms with Gasteiger partial charge in [-0.1, -0.05) is 48.8 Å². The molecule has 0 aliphatic carbocycles. The summed E-state index contributed by atoms with van der Waals surface area (Å²) < 4.78 is 5.09. The summed E-state index contributed by atoms with van der Waals surface area (Å²) in [6, 6.07) is 10.9. The van der Waals surface area contributed by atoms with Gasteiger partial charge in [0, 0.05) is 6.54 Å². The van der Waals surface area contributed by atoms with Crippen LogP contribution >= 0.6 is 12.4 Å². The van der Waals surface area contributed by atoms with Crippen LogP contribution in [0.5, 0.6) is 0 Å². The number of piperidine rings is 1. The van der Waals surface area contributed by atoms with Crippen molar-refractivity contribution in [1.82, 2.24) is 15.0 Å². The molecule has 1 aromatic carbocycles. The van der Waals surface area contributed by atoms with Crippen molar-refractivity contribution in [2.45, 2.75) is 38.8 Å². The Labute approximate surface area is 143 Å². The fraction of sp³-hybridized carbons (Fsp3) is 0.529. The molecule has 0 saturated carbocycles. The van der Waals surface area contributed by atoms with Gasteiger partial charge in [0.2, 0.25) is 5.89 Å². The van der Waals surface area contributed by atoms with Gasteiger partial charge < -0.3 is 10.3 Å². The van der Waals surface area contributed by atoms with Gasteiger partial charge in [-0.05, 0) is 30.4 Å². The van der Waals surface area contributed by atoms with Crippen LogP contribution in [-0.4, -0.2) is 28.1 Å². The van der Waals surface area contributed by atoms with E-state index in [0.29, 0.717) is 24.3 Å². The molecular weight excluding hydrogens is 312 g/mol. The summed E-state index contributed by atoms with van der Waals surface area (Å²) in [5, 5.41) is 4.00. The average molecular weight is 337 g/mol. The van der Waals surface area contributed by atoms with Crippen LogP contribution in [0.25, 0.3) is 0 Å². The maximum Gasteiger partial charge on any atom is 0.240 e. The highest BCUT2D eigenvalue weighted by atomic mass is 35.5. The summed E-state index contributed by atoms with van der Waals surface area (Å²) in [5.74, 6) is 2.60. The second-order valence-electron chi connectivity index (χ2n) is 6.02. The van der Waals surface area contributed by atoms with Crippen LogP contribution in [-0.2, 0) is 13.1 Å². The van der Waals surface area contributed by atoms with E-state index in [9.17, 15) is 0 Å². The second kappa shape index (κ2) is 8.43. The first-order valence-corrected chi connectivity index (χ1v) is 8.09. The molecule has 2 aromatic rings. The minimum absolute atomic E-state index is 0. The van der Waals surface area contributed by atoms with Crippen molar-refractivity contribution in [3.05, 3.63) is 47.6 Å². The van der Waals surface area contributed by atoms with E-state index < -0.39 is 0 Å². The van der Waals surface area contributed by atoms with Crippen LogP contribution < -0.4 is 5.73 Å². The van der Waals surface area contributed by atoms with E-state index in [1.165, 1.54) is 18.4 Å². The standard InChI is InChI=1S/C17H24N4O.ClH/c1-2-13-11-21(12-16-19-17(10-18)22-20-16)9-8-15(13)14-6-4-3-5-7-14;/h3-7,13,15H,2,8-12,18H2,1H3;1H. The Hall–Kier alpha value is -1.43. The number of aromatic nitrogens is 2. The third-order valence-corrected chi connectivity index (χ3v) is 4.62. The van der Waals surface area contributed by atoms with Crippen LogP contribution in [0.15, 0.2) is 34.9 Å². The van der Waals surface area contributed by atoms with Gasteiger partial charge in [-0.25, -0.2) is 0 Å². The maximum atomic E-state index is 5.51. The first-order valence-electron chi connectivity index (χ1n) is 8.09. The van der Waals surface area contributed by atoms with Gasteiger partial charge in [-0.2, -0.15) is 4.98 Å². The summed E-state index contributed by atoms with van der Waals surface area (Å²) in [6.07, 6.45) is 2.38. The Balaban J connectivity index is 0.00000192. The average Bonchev–Trinajstić information content (AvgIpc) is 3.03. The quantitative estimate of drug-likeness (QED) is 0.909. The lowest BCUT2D eigenvalue weighted by molar-refractivity contribution is 0.139. The number of benzene rings is 1. The van der Waals surface area contributed by atoms with E-state index in [4.69, 9.17) is 10.3 Å². The fourth-order valence-corrected chi connectivity index (χ4v) is 3.44. The minimum atomic E-state index is 0. The number of rotatable bonds is 5. The monoisotopic (exact) mass is 336 g/mol. The van der Waals surface area contributed by atoms with Gasteiger partial charge in [-0.3, -0.25) is 4.90 Å². The lowest BCUT2D eigenvalue weighted by Crippen LogP contribution is -2.39. The van der Waals surface area contributed by atoms with Crippen molar-refractivity contribution in [3.63, 3.8) is 0 Å². The summed E-state index contributed by atoms with van der Waals surface area (Å²) in [7, 11) is 0. The number of hydrogen-bond acceptors (Lipinski definition) is 5. The molecule has 3 rings (SSSR count). The molecule has 2 heterocycles. The highest BCUT2D eigenvalue weighted by Crippen LogP contribution is 2.35. The van der Waals surface area contributed by atoms with Crippen molar-refractivity contribution < 1.29 is 4.52 Å². The number of likely N-dealkylation sites (tertiary alicyclic amines) is 1. The largest absolute Gasteiger partial charge is 0.338 e. The third kappa shape index (κ3) is 4.31. The molecule has 0 radical (unpaired) electrons. The maximum absolute atomic E-state index is 5.51. The van der Waals surface area contributed by atoms with Crippen molar-refractivity contribution in [2.24, 2.45) is 11.7 Å². The molecule has 2 unspecified atom stereocenters. The Morgan fingerprint density at radius 3 is 2.74 bits per heavy atom.